The van der Waals surface area contributed by atoms with Crippen molar-refractivity contribution in [3.63, 3.8) is 0 Å². The molecular weight excluding hydrogens is 283 g/mol. The fourth-order valence-electron chi connectivity index (χ4n) is 2.94. The maximum absolute atomic E-state index is 6.30. The summed E-state index contributed by atoms with van der Waals surface area (Å²) in [6, 6.07) is 0. The van der Waals surface area contributed by atoms with E-state index in [0.717, 1.165) is 6.61 Å². The molecule has 0 fully saturated rings. The Morgan fingerprint density at radius 2 is 1.05 bits per heavy atom. The lowest BCUT2D eigenvalue weighted by Crippen LogP contribution is -2.20. The summed E-state index contributed by atoms with van der Waals surface area (Å²) in [5.74, 6) is 0.698. The quantitative estimate of drug-likeness (QED) is 0.200. The molecule has 0 aromatic carbocycles. The molecule has 0 aliphatic rings. The Kier molecular flexibility index (Phi) is 18.2. The van der Waals surface area contributed by atoms with Crippen molar-refractivity contribution in [1.82, 2.24) is 0 Å². The Morgan fingerprint density at radius 3 is 1.45 bits per heavy atom. The second-order valence-corrected chi connectivity index (χ2v) is 10.2. The van der Waals surface area contributed by atoms with Gasteiger partial charge in [-0.05, 0) is 5.92 Å². The van der Waals surface area contributed by atoms with Gasteiger partial charge in [0, 0.05) is 6.61 Å². The van der Waals surface area contributed by atoms with Gasteiger partial charge in [-0.25, -0.2) is 0 Å². The van der Waals surface area contributed by atoms with Crippen LogP contribution in [0.25, 0.3) is 0 Å². The minimum atomic E-state index is -0.908. The molecule has 0 atom stereocenters. The highest BCUT2D eigenvalue weighted by Gasteiger charge is 2.19. The van der Waals surface area contributed by atoms with E-state index in [2.05, 4.69) is 27.7 Å². The SMILES string of the molecule is CCCCCCC[CH2][Al]([CH2]CCCCCCC)[O]CC(C)C. The molecule has 1 nitrogen and oxygen atoms in total. The highest BCUT2D eigenvalue weighted by atomic mass is 27.2. The predicted octanol–water partition coefficient (Wildman–Crippen LogP) is 7.37. The van der Waals surface area contributed by atoms with Gasteiger partial charge in [0.25, 0.3) is 0 Å². The largest absolute Gasteiger partial charge is 0.500 e. The van der Waals surface area contributed by atoms with Crippen molar-refractivity contribution in [2.75, 3.05) is 6.61 Å². The average Bonchev–Trinajstić information content (AvgIpc) is 2.50. The van der Waals surface area contributed by atoms with Crippen LogP contribution in [-0.4, -0.2) is 21.1 Å². The Hall–Kier alpha value is 0.492. The van der Waals surface area contributed by atoms with Crippen molar-refractivity contribution < 1.29 is 3.79 Å². The molecule has 22 heavy (non-hydrogen) atoms. The van der Waals surface area contributed by atoms with E-state index >= 15 is 0 Å². The Bertz CT molecular complexity index is 190. The minimum absolute atomic E-state index is 0.698. The summed E-state index contributed by atoms with van der Waals surface area (Å²) < 4.78 is 6.30. The van der Waals surface area contributed by atoms with E-state index in [-0.39, 0.29) is 0 Å². The molecule has 0 radical (unpaired) electrons. The topological polar surface area (TPSA) is 9.23 Å². The average molecular weight is 327 g/mol. The third kappa shape index (κ3) is 16.9. The third-order valence-corrected chi connectivity index (χ3v) is 7.19. The first-order valence-corrected chi connectivity index (χ1v) is 12.4. The van der Waals surface area contributed by atoms with Crippen molar-refractivity contribution in [3.05, 3.63) is 0 Å². The Balaban J connectivity index is 3.70. The summed E-state index contributed by atoms with van der Waals surface area (Å²) in [5, 5.41) is 2.85. The van der Waals surface area contributed by atoms with E-state index < -0.39 is 14.5 Å². The maximum atomic E-state index is 6.30. The molecule has 0 aromatic heterocycles. The van der Waals surface area contributed by atoms with Gasteiger partial charge >= 0.3 is 14.5 Å². The minimum Gasteiger partial charge on any atom is -0.500 e. The molecule has 2 heteroatoms. The summed E-state index contributed by atoms with van der Waals surface area (Å²) in [4.78, 5) is 0. The number of unbranched alkanes of at least 4 members (excludes halogenated alkanes) is 10. The molecule has 0 bridgehead atoms. The van der Waals surface area contributed by atoms with E-state index in [1.54, 1.807) is 0 Å². The van der Waals surface area contributed by atoms with Gasteiger partial charge in [-0.15, -0.1) is 0 Å². The normalized spacial score (nSPS) is 11.3. The van der Waals surface area contributed by atoms with Gasteiger partial charge in [-0.3, -0.25) is 0 Å². The van der Waals surface area contributed by atoms with Crippen LogP contribution in [0.4, 0.5) is 0 Å². The van der Waals surface area contributed by atoms with Crippen LogP contribution in [0.3, 0.4) is 0 Å². The van der Waals surface area contributed by atoms with Crippen molar-refractivity contribution in [3.8, 4) is 0 Å². The van der Waals surface area contributed by atoms with Gasteiger partial charge < -0.3 is 3.79 Å². The van der Waals surface area contributed by atoms with E-state index in [0.29, 0.717) is 5.92 Å². The summed E-state index contributed by atoms with van der Waals surface area (Å²) in [6.07, 6.45) is 17.0. The van der Waals surface area contributed by atoms with Crippen molar-refractivity contribution in [1.29, 1.82) is 0 Å². The highest BCUT2D eigenvalue weighted by Crippen LogP contribution is 2.16. The number of rotatable bonds is 17. The molecule has 0 aliphatic carbocycles. The number of hydrogen-bond donors (Lipinski definition) is 0. The summed E-state index contributed by atoms with van der Waals surface area (Å²) in [5.41, 5.74) is 0. The lowest BCUT2D eigenvalue weighted by molar-refractivity contribution is 0.268. The zero-order valence-corrected chi connectivity index (χ0v) is 17.3. The molecule has 0 unspecified atom stereocenters. The zero-order valence-electron chi connectivity index (χ0n) is 16.2. The first-order valence-electron chi connectivity index (χ1n) is 10.3. The van der Waals surface area contributed by atoms with E-state index in [9.17, 15) is 0 Å². The van der Waals surface area contributed by atoms with Crippen LogP contribution in [0.1, 0.15) is 105 Å². The molecule has 0 heterocycles. The standard InChI is InChI=1S/2C8H17.C4H9O.Al/c2*1-3-5-7-8-6-4-2;1-4(2)3-5;/h2*1,3-8H2,2H3;4H,3H2,1-2H3;/q;;-1;+1. The molecule has 132 valence electrons. The molecule has 0 spiro atoms. The first kappa shape index (κ1) is 22.5. The zero-order chi connectivity index (χ0) is 16.5. The molecule has 0 aliphatic heterocycles. The first-order chi connectivity index (χ1) is 10.7. The van der Waals surface area contributed by atoms with Crippen LogP contribution < -0.4 is 0 Å². The van der Waals surface area contributed by atoms with Gasteiger partial charge in [-0.1, -0.05) is 115 Å². The van der Waals surface area contributed by atoms with Crippen molar-refractivity contribution >= 4 is 14.5 Å². The monoisotopic (exact) mass is 326 g/mol. The van der Waals surface area contributed by atoms with Gasteiger partial charge in [-0.2, -0.15) is 0 Å². The Labute approximate surface area is 146 Å². The lowest BCUT2D eigenvalue weighted by atomic mass is 10.1. The molecule has 0 rings (SSSR count). The van der Waals surface area contributed by atoms with E-state index in [1.807, 2.05) is 0 Å². The van der Waals surface area contributed by atoms with Crippen LogP contribution in [0, 0.1) is 5.92 Å². The van der Waals surface area contributed by atoms with Gasteiger partial charge in [0.1, 0.15) is 0 Å². The lowest BCUT2D eigenvalue weighted by Gasteiger charge is -2.15. The van der Waals surface area contributed by atoms with Gasteiger partial charge in [0.15, 0.2) is 0 Å². The fourth-order valence-corrected chi connectivity index (χ4v) is 5.71. The number of hydrogen-bond acceptors (Lipinski definition) is 1. The molecule has 0 amide bonds. The van der Waals surface area contributed by atoms with E-state index in [1.165, 1.54) is 87.6 Å². The van der Waals surface area contributed by atoms with Crippen molar-refractivity contribution in [2.24, 2.45) is 5.92 Å². The second-order valence-electron chi connectivity index (χ2n) is 7.46. The van der Waals surface area contributed by atoms with Crippen LogP contribution in [0.2, 0.25) is 10.6 Å². The summed E-state index contributed by atoms with van der Waals surface area (Å²) in [7, 11) is 0. The molecule has 0 saturated heterocycles. The van der Waals surface area contributed by atoms with Crippen LogP contribution in [-0.2, 0) is 3.79 Å². The smallest absolute Gasteiger partial charge is 0.460 e. The molecule has 0 N–H and O–H groups in total. The molecule has 0 aromatic rings. The van der Waals surface area contributed by atoms with E-state index in [4.69, 9.17) is 3.79 Å². The highest BCUT2D eigenvalue weighted by molar-refractivity contribution is 6.51. The predicted molar refractivity (Wildman–Crippen MR) is 103 cm³/mol. The summed E-state index contributed by atoms with van der Waals surface area (Å²) >= 11 is -0.908. The van der Waals surface area contributed by atoms with Crippen LogP contribution in [0.15, 0.2) is 0 Å². The molecule has 0 saturated carbocycles. The third-order valence-electron chi connectivity index (χ3n) is 4.42. The maximum Gasteiger partial charge on any atom is 0.460 e. The van der Waals surface area contributed by atoms with Crippen molar-refractivity contribution in [2.45, 2.75) is 115 Å². The fraction of sp³-hybridized carbons (Fsp3) is 1.00. The Morgan fingerprint density at radius 1 is 0.636 bits per heavy atom. The second kappa shape index (κ2) is 17.8. The molecular formula is C20H43AlO. The van der Waals surface area contributed by atoms with Gasteiger partial charge in [0.05, 0.1) is 0 Å². The van der Waals surface area contributed by atoms with Gasteiger partial charge in [0.2, 0.25) is 0 Å². The van der Waals surface area contributed by atoms with Crippen LogP contribution in [0.5, 0.6) is 0 Å². The summed E-state index contributed by atoms with van der Waals surface area (Å²) in [6.45, 7) is 10.1. The van der Waals surface area contributed by atoms with Crippen LogP contribution >= 0.6 is 0 Å².